The Kier molecular flexibility index (Phi) is 3.43. The Bertz CT molecular complexity index is 580. The highest BCUT2D eigenvalue weighted by Gasteiger charge is 2.17. The summed E-state index contributed by atoms with van der Waals surface area (Å²) in [5, 5.41) is 11.9. The maximum absolute atomic E-state index is 12.8. The van der Waals surface area contributed by atoms with E-state index in [0.29, 0.717) is 5.56 Å². The van der Waals surface area contributed by atoms with E-state index in [1.165, 1.54) is 36.5 Å². The molecule has 0 saturated carbocycles. The number of nitrogens with zero attached hydrogens (tertiary/aromatic N) is 2. The molecule has 1 heterocycles. The van der Waals surface area contributed by atoms with Crippen LogP contribution in [0.2, 0.25) is 0 Å². The van der Waals surface area contributed by atoms with Crippen LogP contribution in [-0.2, 0) is 0 Å². The molecule has 5 heteroatoms. The number of pyridine rings is 1. The number of hydrogen-bond acceptors (Lipinski definition) is 4. The lowest BCUT2D eigenvalue weighted by molar-refractivity contribution is 0.105. The van der Waals surface area contributed by atoms with Crippen LogP contribution in [0.25, 0.3) is 0 Å². The van der Waals surface area contributed by atoms with E-state index in [1.54, 1.807) is 12.1 Å². The van der Waals surface area contributed by atoms with E-state index in [0.717, 1.165) is 0 Å². The van der Waals surface area contributed by atoms with Crippen LogP contribution in [-0.4, -0.2) is 21.7 Å². The van der Waals surface area contributed by atoms with E-state index >= 15 is 0 Å². The second kappa shape index (κ2) is 5.18. The molecule has 0 aliphatic carbocycles. The molecule has 0 aliphatic heterocycles. The number of Topliss-reactive ketones (excluding diaryl/α,β-unsaturated/α-hetero) is 1. The monoisotopic (exact) mass is 244 g/mol. The van der Waals surface area contributed by atoms with Crippen molar-refractivity contribution in [3.63, 3.8) is 0 Å². The zero-order valence-electron chi connectivity index (χ0n) is 9.25. The van der Waals surface area contributed by atoms with Gasteiger partial charge in [-0.05, 0) is 36.4 Å². The highest BCUT2D eigenvalue weighted by Crippen LogP contribution is 2.08. The Morgan fingerprint density at radius 1 is 1.17 bits per heavy atom. The number of halogens is 1. The van der Waals surface area contributed by atoms with E-state index in [2.05, 4.69) is 10.1 Å². The number of rotatable bonds is 3. The van der Waals surface area contributed by atoms with Crippen molar-refractivity contribution in [2.45, 2.75) is 0 Å². The van der Waals surface area contributed by atoms with Crippen molar-refractivity contribution in [2.24, 2.45) is 5.16 Å². The molecule has 1 aromatic heterocycles. The van der Waals surface area contributed by atoms with Crippen molar-refractivity contribution in [3.8, 4) is 0 Å². The van der Waals surface area contributed by atoms with E-state index in [-0.39, 0.29) is 11.4 Å². The van der Waals surface area contributed by atoms with Crippen LogP contribution in [0.3, 0.4) is 0 Å². The maximum atomic E-state index is 12.8. The Morgan fingerprint density at radius 3 is 2.44 bits per heavy atom. The molecule has 90 valence electrons. The fourth-order valence-electron chi connectivity index (χ4n) is 1.46. The fraction of sp³-hybridized carbons (Fsp3) is 0. The van der Waals surface area contributed by atoms with E-state index in [1.807, 2.05) is 0 Å². The topological polar surface area (TPSA) is 62.5 Å². The van der Waals surface area contributed by atoms with Gasteiger partial charge in [0, 0.05) is 11.8 Å². The number of benzene rings is 1. The van der Waals surface area contributed by atoms with Gasteiger partial charge in [-0.3, -0.25) is 9.78 Å². The van der Waals surface area contributed by atoms with Gasteiger partial charge in [0.25, 0.3) is 0 Å². The summed E-state index contributed by atoms with van der Waals surface area (Å²) < 4.78 is 12.8. The average Bonchev–Trinajstić information content (AvgIpc) is 2.42. The molecular formula is C13H9FN2O2. The largest absolute Gasteiger partial charge is 0.410 e. The van der Waals surface area contributed by atoms with Crippen LogP contribution in [0.15, 0.2) is 53.8 Å². The van der Waals surface area contributed by atoms with Crippen LogP contribution < -0.4 is 0 Å². The molecule has 0 radical (unpaired) electrons. The van der Waals surface area contributed by atoms with Crippen LogP contribution in [0.5, 0.6) is 0 Å². The average molecular weight is 244 g/mol. The van der Waals surface area contributed by atoms with Gasteiger partial charge in [-0.25, -0.2) is 4.39 Å². The predicted molar refractivity (Wildman–Crippen MR) is 63.3 cm³/mol. The molecule has 2 rings (SSSR count). The third-order valence-electron chi connectivity index (χ3n) is 2.33. The Balaban J connectivity index is 2.36. The van der Waals surface area contributed by atoms with Crippen molar-refractivity contribution >= 4 is 11.5 Å². The van der Waals surface area contributed by atoms with Gasteiger partial charge in [-0.2, -0.15) is 0 Å². The van der Waals surface area contributed by atoms with Gasteiger partial charge in [0.2, 0.25) is 5.78 Å². The molecule has 18 heavy (non-hydrogen) atoms. The van der Waals surface area contributed by atoms with Gasteiger partial charge in [0.15, 0.2) is 5.71 Å². The lowest BCUT2D eigenvalue weighted by Gasteiger charge is -2.03. The van der Waals surface area contributed by atoms with Gasteiger partial charge in [-0.1, -0.05) is 11.2 Å². The van der Waals surface area contributed by atoms with Crippen molar-refractivity contribution in [1.82, 2.24) is 4.98 Å². The lowest BCUT2D eigenvalue weighted by Crippen LogP contribution is -2.17. The van der Waals surface area contributed by atoms with Crippen molar-refractivity contribution < 1.29 is 14.4 Å². The van der Waals surface area contributed by atoms with Crippen LogP contribution in [0.1, 0.15) is 16.1 Å². The van der Waals surface area contributed by atoms with Crippen molar-refractivity contribution in [1.29, 1.82) is 0 Å². The summed E-state index contributed by atoms with van der Waals surface area (Å²) in [6.07, 6.45) is 1.47. The lowest BCUT2D eigenvalue weighted by atomic mass is 10.0. The molecule has 0 amide bonds. The van der Waals surface area contributed by atoms with Crippen molar-refractivity contribution in [3.05, 3.63) is 65.7 Å². The maximum Gasteiger partial charge on any atom is 0.233 e. The summed E-state index contributed by atoms with van der Waals surface area (Å²) in [6.45, 7) is 0. The van der Waals surface area contributed by atoms with Gasteiger partial charge < -0.3 is 5.21 Å². The van der Waals surface area contributed by atoms with Crippen molar-refractivity contribution in [2.75, 3.05) is 0 Å². The summed E-state index contributed by atoms with van der Waals surface area (Å²) >= 11 is 0. The quantitative estimate of drug-likeness (QED) is 0.390. The molecule has 0 unspecified atom stereocenters. The Morgan fingerprint density at radius 2 is 1.89 bits per heavy atom. The Labute approximate surface area is 102 Å². The molecule has 4 nitrogen and oxygen atoms in total. The first-order chi connectivity index (χ1) is 8.72. The normalized spacial score (nSPS) is 11.3. The molecule has 0 fully saturated rings. The minimum Gasteiger partial charge on any atom is -0.410 e. The molecule has 0 atom stereocenters. The summed E-state index contributed by atoms with van der Waals surface area (Å²) in [5.41, 5.74) is 0.317. The highest BCUT2D eigenvalue weighted by atomic mass is 19.1. The van der Waals surface area contributed by atoms with Gasteiger partial charge in [0.1, 0.15) is 11.5 Å². The molecule has 1 aromatic carbocycles. The zero-order chi connectivity index (χ0) is 13.0. The summed E-state index contributed by atoms with van der Waals surface area (Å²) in [7, 11) is 0. The number of carbonyl (C=O) groups is 1. The SMILES string of the molecule is O=C(C(=NO)c1ccc(F)cc1)c1ccccn1. The number of ketones is 1. The van der Waals surface area contributed by atoms with Crippen LogP contribution >= 0.6 is 0 Å². The standard InChI is InChI=1S/C13H9FN2O2/c14-10-6-4-9(5-7-10)12(16-18)13(17)11-3-1-2-8-15-11/h1-8,18H. The molecule has 1 N–H and O–H groups in total. The fourth-order valence-corrected chi connectivity index (χ4v) is 1.46. The smallest absolute Gasteiger partial charge is 0.233 e. The number of carbonyl (C=O) groups excluding carboxylic acids is 1. The summed E-state index contributed by atoms with van der Waals surface area (Å²) in [4.78, 5) is 15.9. The predicted octanol–water partition coefficient (Wildman–Crippen LogP) is 2.28. The van der Waals surface area contributed by atoms with Gasteiger partial charge >= 0.3 is 0 Å². The van der Waals surface area contributed by atoms with E-state index < -0.39 is 11.6 Å². The van der Waals surface area contributed by atoms with E-state index in [4.69, 9.17) is 5.21 Å². The molecule has 0 spiro atoms. The Hall–Kier alpha value is -2.56. The zero-order valence-corrected chi connectivity index (χ0v) is 9.25. The number of hydrogen-bond donors (Lipinski definition) is 1. The van der Waals surface area contributed by atoms with Crippen LogP contribution in [0, 0.1) is 5.82 Å². The molecule has 0 bridgehead atoms. The third-order valence-corrected chi connectivity index (χ3v) is 2.33. The van der Waals surface area contributed by atoms with E-state index in [9.17, 15) is 9.18 Å². The summed E-state index contributed by atoms with van der Waals surface area (Å²) in [5.74, 6) is -0.953. The second-order valence-electron chi connectivity index (χ2n) is 3.50. The summed E-state index contributed by atoms with van der Waals surface area (Å²) in [6, 6.07) is 9.94. The molecular weight excluding hydrogens is 235 g/mol. The van der Waals surface area contributed by atoms with Gasteiger partial charge in [0.05, 0.1) is 0 Å². The molecule has 0 aliphatic rings. The second-order valence-corrected chi connectivity index (χ2v) is 3.50. The molecule has 2 aromatic rings. The number of aromatic nitrogens is 1. The first-order valence-electron chi connectivity index (χ1n) is 5.16. The third kappa shape index (κ3) is 2.40. The minimum atomic E-state index is -0.523. The number of oxime groups is 1. The first-order valence-corrected chi connectivity index (χ1v) is 5.16. The first kappa shape index (κ1) is 11.9. The minimum absolute atomic E-state index is 0.162. The van der Waals surface area contributed by atoms with Crippen LogP contribution in [0.4, 0.5) is 4.39 Å². The van der Waals surface area contributed by atoms with Gasteiger partial charge in [-0.15, -0.1) is 0 Å². The molecule has 0 saturated heterocycles. The highest BCUT2D eigenvalue weighted by molar-refractivity contribution is 6.50.